The molecule has 1 saturated heterocycles. The second-order valence-corrected chi connectivity index (χ2v) is 7.37. The van der Waals surface area contributed by atoms with Gasteiger partial charge < -0.3 is 15.0 Å². The first kappa shape index (κ1) is 17.5. The van der Waals surface area contributed by atoms with Gasteiger partial charge in [-0.25, -0.2) is 0 Å². The molecule has 1 amide bonds. The second-order valence-electron chi connectivity index (χ2n) is 6.43. The lowest BCUT2D eigenvalue weighted by molar-refractivity contribution is -0.120. The minimum Gasteiger partial charge on any atom is -0.495 e. The number of ether oxygens (including phenoxy) is 1. The van der Waals surface area contributed by atoms with E-state index >= 15 is 0 Å². The van der Waals surface area contributed by atoms with Crippen molar-refractivity contribution in [3.05, 3.63) is 48.8 Å². The third-order valence-corrected chi connectivity index (χ3v) is 5.65. The number of nitrogens with zero attached hydrogens (tertiary/aromatic N) is 4. The quantitative estimate of drug-likeness (QED) is 0.733. The van der Waals surface area contributed by atoms with Crippen molar-refractivity contribution < 1.29 is 9.53 Å². The van der Waals surface area contributed by atoms with E-state index in [-0.39, 0.29) is 11.8 Å². The number of hydrogen-bond donors (Lipinski definition) is 1. The molecule has 0 radical (unpaired) electrons. The number of benzene rings is 1. The smallest absolute Gasteiger partial charge is 0.229 e. The summed E-state index contributed by atoms with van der Waals surface area (Å²) in [5.74, 6) is 0.584. The first-order valence-electron chi connectivity index (χ1n) is 8.90. The minimum atomic E-state index is -0.0948. The summed E-state index contributed by atoms with van der Waals surface area (Å²) in [5, 5.41) is 13.3. The number of amides is 1. The van der Waals surface area contributed by atoms with Gasteiger partial charge in [0.1, 0.15) is 5.75 Å². The highest BCUT2D eigenvalue weighted by molar-refractivity contribution is 7.17. The summed E-state index contributed by atoms with van der Waals surface area (Å²) in [4.78, 5) is 14.9. The third kappa shape index (κ3) is 3.80. The molecule has 1 fully saturated rings. The number of anilines is 2. The molecular formula is C19H21N5O2S. The molecule has 8 heteroatoms. The van der Waals surface area contributed by atoms with E-state index in [1.807, 2.05) is 53.4 Å². The Balaban J connectivity index is 1.44. The van der Waals surface area contributed by atoms with Crippen LogP contribution in [-0.2, 0) is 4.79 Å². The maximum Gasteiger partial charge on any atom is 0.229 e. The molecule has 4 rings (SSSR count). The standard InChI is InChI=1S/C19H21N5O2S/c1-26-16-9-3-2-8-15(16)20-17(25)14-7-6-12-24(13-14)19-22-21-18(27-19)23-10-4-5-11-23/h2-5,8-11,14H,6-7,12-13H2,1H3,(H,20,25)/t14-/m1/s1. The number of nitrogens with one attached hydrogen (secondary N) is 1. The maximum absolute atomic E-state index is 12.8. The normalized spacial score (nSPS) is 16.9. The average molecular weight is 383 g/mol. The van der Waals surface area contributed by atoms with E-state index < -0.39 is 0 Å². The second kappa shape index (κ2) is 7.79. The summed E-state index contributed by atoms with van der Waals surface area (Å²) in [6, 6.07) is 11.4. The van der Waals surface area contributed by atoms with Crippen molar-refractivity contribution in [2.24, 2.45) is 5.92 Å². The number of aromatic nitrogens is 3. The molecule has 1 aliphatic rings. The average Bonchev–Trinajstić information content (AvgIpc) is 3.40. The molecule has 1 N–H and O–H groups in total. The van der Waals surface area contributed by atoms with Crippen molar-refractivity contribution in [2.45, 2.75) is 12.8 Å². The van der Waals surface area contributed by atoms with Crippen molar-refractivity contribution in [1.82, 2.24) is 14.8 Å². The Morgan fingerprint density at radius 3 is 2.78 bits per heavy atom. The van der Waals surface area contributed by atoms with Crippen LogP contribution in [0.2, 0.25) is 0 Å². The predicted molar refractivity (Wildman–Crippen MR) is 106 cm³/mol. The molecular weight excluding hydrogens is 362 g/mol. The van der Waals surface area contributed by atoms with Gasteiger partial charge in [-0.2, -0.15) is 0 Å². The summed E-state index contributed by atoms with van der Waals surface area (Å²) >= 11 is 1.54. The summed E-state index contributed by atoms with van der Waals surface area (Å²) < 4.78 is 7.26. The fraction of sp³-hybridized carbons (Fsp3) is 0.316. The van der Waals surface area contributed by atoms with E-state index in [0.29, 0.717) is 18.0 Å². The van der Waals surface area contributed by atoms with Crippen LogP contribution in [0.1, 0.15) is 12.8 Å². The van der Waals surface area contributed by atoms with E-state index in [0.717, 1.165) is 29.6 Å². The first-order valence-corrected chi connectivity index (χ1v) is 9.72. The van der Waals surface area contributed by atoms with E-state index in [1.54, 1.807) is 7.11 Å². The molecule has 0 aliphatic carbocycles. The fourth-order valence-electron chi connectivity index (χ4n) is 3.25. The molecule has 3 heterocycles. The molecule has 7 nitrogen and oxygen atoms in total. The minimum absolute atomic E-state index is 0.0133. The summed E-state index contributed by atoms with van der Waals surface area (Å²) in [6.07, 6.45) is 5.71. The number of methoxy groups -OCH3 is 1. The van der Waals surface area contributed by atoms with Crippen LogP contribution >= 0.6 is 11.3 Å². The molecule has 2 aromatic heterocycles. The van der Waals surface area contributed by atoms with E-state index in [1.165, 1.54) is 11.3 Å². The van der Waals surface area contributed by atoms with E-state index in [4.69, 9.17) is 4.74 Å². The van der Waals surface area contributed by atoms with Gasteiger partial charge >= 0.3 is 0 Å². The molecule has 3 aromatic rings. The van der Waals surface area contributed by atoms with Crippen LogP contribution in [-0.4, -0.2) is 40.9 Å². The van der Waals surface area contributed by atoms with Gasteiger partial charge in [0, 0.05) is 25.5 Å². The topological polar surface area (TPSA) is 72.3 Å². The molecule has 0 spiro atoms. The first-order chi connectivity index (χ1) is 13.2. The molecule has 1 atom stereocenters. The maximum atomic E-state index is 12.8. The lowest BCUT2D eigenvalue weighted by atomic mass is 9.97. The largest absolute Gasteiger partial charge is 0.495 e. The highest BCUT2D eigenvalue weighted by atomic mass is 32.1. The van der Waals surface area contributed by atoms with Gasteiger partial charge in [0.25, 0.3) is 0 Å². The van der Waals surface area contributed by atoms with Crippen LogP contribution in [0.25, 0.3) is 5.13 Å². The van der Waals surface area contributed by atoms with Crippen molar-refractivity contribution in [3.8, 4) is 10.9 Å². The zero-order valence-electron chi connectivity index (χ0n) is 15.0. The Bertz CT molecular complexity index is 908. The number of hydrogen-bond acceptors (Lipinski definition) is 6. The predicted octanol–water partition coefficient (Wildman–Crippen LogP) is 3.19. The SMILES string of the molecule is COc1ccccc1NC(=O)[C@@H]1CCCN(c2nnc(-n3cccc3)s2)C1. The van der Waals surface area contributed by atoms with Gasteiger partial charge in [-0.1, -0.05) is 23.5 Å². The van der Waals surface area contributed by atoms with Crippen LogP contribution in [0, 0.1) is 5.92 Å². The highest BCUT2D eigenvalue weighted by Gasteiger charge is 2.28. The Kier molecular flexibility index (Phi) is 5.06. The number of para-hydroxylation sites is 2. The van der Waals surface area contributed by atoms with Gasteiger partial charge in [-0.3, -0.25) is 9.36 Å². The Morgan fingerprint density at radius 2 is 1.96 bits per heavy atom. The number of rotatable bonds is 5. The number of carbonyl (C=O) groups is 1. The molecule has 0 unspecified atom stereocenters. The van der Waals surface area contributed by atoms with Crippen molar-refractivity contribution >= 4 is 28.1 Å². The zero-order chi connectivity index (χ0) is 18.6. The van der Waals surface area contributed by atoms with Gasteiger partial charge in [-0.15, -0.1) is 10.2 Å². The molecule has 140 valence electrons. The van der Waals surface area contributed by atoms with Gasteiger partial charge in [0.2, 0.25) is 16.2 Å². The Labute approximate surface area is 161 Å². The summed E-state index contributed by atoms with van der Waals surface area (Å²) in [5.41, 5.74) is 0.702. The number of carbonyl (C=O) groups excluding carboxylic acids is 1. The van der Waals surface area contributed by atoms with Crippen molar-refractivity contribution in [2.75, 3.05) is 30.4 Å². The van der Waals surface area contributed by atoms with Gasteiger partial charge in [0.15, 0.2) is 0 Å². The summed E-state index contributed by atoms with van der Waals surface area (Å²) in [7, 11) is 1.60. The number of piperidine rings is 1. The van der Waals surface area contributed by atoms with Crippen molar-refractivity contribution in [1.29, 1.82) is 0 Å². The Hall–Kier alpha value is -2.87. The van der Waals surface area contributed by atoms with Crippen molar-refractivity contribution in [3.63, 3.8) is 0 Å². The lowest BCUT2D eigenvalue weighted by Gasteiger charge is -2.31. The lowest BCUT2D eigenvalue weighted by Crippen LogP contribution is -2.40. The van der Waals surface area contributed by atoms with E-state index in [2.05, 4.69) is 20.4 Å². The van der Waals surface area contributed by atoms with Gasteiger partial charge in [-0.05, 0) is 37.1 Å². The Morgan fingerprint density at radius 1 is 1.19 bits per heavy atom. The molecule has 27 heavy (non-hydrogen) atoms. The fourth-order valence-corrected chi connectivity index (χ4v) is 4.10. The zero-order valence-corrected chi connectivity index (χ0v) is 15.9. The van der Waals surface area contributed by atoms with E-state index in [9.17, 15) is 4.79 Å². The van der Waals surface area contributed by atoms with Crippen LogP contribution < -0.4 is 15.0 Å². The highest BCUT2D eigenvalue weighted by Crippen LogP contribution is 2.29. The monoisotopic (exact) mass is 383 g/mol. The summed E-state index contributed by atoms with van der Waals surface area (Å²) in [6.45, 7) is 1.53. The third-order valence-electron chi connectivity index (χ3n) is 4.66. The molecule has 1 aromatic carbocycles. The molecule has 0 bridgehead atoms. The van der Waals surface area contributed by atoms with Crippen LogP contribution in [0.15, 0.2) is 48.8 Å². The van der Waals surface area contributed by atoms with Crippen LogP contribution in [0.3, 0.4) is 0 Å². The van der Waals surface area contributed by atoms with Crippen LogP contribution in [0.5, 0.6) is 5.75 Å². The molecule has 0 saturated carbocycles. The van der Waals surface area contributed by atoms with Gasteiger partial charge in [0.05, 0.1) is 18.7 Å². The molecule has 1 aliphatic heterocycles. The van der Waals surface area contributed by atoms with Crippen LogP contribution in [0.4, 0.5) is 10.8 Å².